The van der Waals surface area contributed by atoms with Crippen LogP contribution in [0.4, 0.5) is 5.69 Å². The van der Waals surface area contributed by atoms with Crippen molar-refractivity contribution < 1.29 is 9.21 Å². The van der Waals surface area contributed by atoms with Gasteiger partial charge in [0.05, 0.1) is 12.1 Å². The molecule has 1 aromatic carbocycles. The summed E-state index contributed by atoms with van der Waals surface area (Å²) in [7, 11) is 0. The van der Waals surface area contributed by atoms with Crippen LogP contribution in [-0.2, 0) is 6.54 Å². The number of nitrogens with one attached hydrogen (secondary N) is 1. The maximum absolute atomic E-state index is 12.1. The molecule has 1 amide bonds. The van der Waals surface area contributed by atoms with Gasteiger partial charge in [0.1, 0.15) is 17.2 Å². The molecule has 0 aliphatic rings. The number of aromatic nitrogens is 1. The molecule has 0 aliphatic heterocycles. The van der Waals surface area contributed by atoms with Gasteiger partial charge in [-0.1, -0.05) is 18.2 Å². The van der Waals surface area contributed by atoms with Gasteiger partial charge in [-0.05, 0) is 31.2 Å². The van der Waals surface area contributed by atoms with Crippen LogP contribution < -0.4 is 11.1 Å². The molecule has 0 aliphatic carbocycles. The quantitative estimate of drug-likeness (QED) is 0.773. The number of pyridine rings is 1. The third-order valence-electron chi connectivity index (χ3n) is 3.20. The average Bonchev–Trinajstić information content (AvgIpc) is 2.90. The minimum absolute atomic E-state index is 0.276. The molecule has 106 valence electrons. The van der Waals surface area contributed by atoms with Gasteiger partial charge in [0.25, 0.3) is 5.91 Å². The van der Waals surface area contributed by atoms with E-state index in [1.165, 1.54) is 0 Å². The van der Waals surface area contributed by atoms with E-state index in [9.17, 15) is 4.79 Å². The fourth-order valence-corrected chi connectivity index (χ4v) is 2.16. The van der Waals surface area contributed by atoms with Crippen LogP contribution in [0.1, 0.15) is 22.0 Å². The van der Waals surface area contributed by atoms with Crippen LogP contribution in [0.2, 0.25) is 0 Å². The van der Waals surface area contributed by atoms with Gasteiger partial charge in [-0.3, -0.25) is 4.79 Å². The molecule has 0 saturated heterocycles. The molecule has 0 fully saturated rings. The number of nitrogen functional groups attached to an aromatic ring is 1. The normalized spacial score (nSPS) is 10.7. The van der Waals surface area contributed by atoms with Gasteiger partial charge in [0.2, 0.25) is 0 Å². The molecule has 5 heteroatoms. The number of carbonyl (C=O) groups excluding carboxylic acids is 1. The highest BCUT2D eigenvalue weighted by molar-refractivity contribution is 5.99. The maximum Gasteiger partial charge on any atom is 0.270 e. The van der Waals surface area contributed by atoms with Crippen molar-refractivity contribution in [1.82, 2.24) is 10.3 Å². The zero-order valence-electron chi connectivity index (χ0n) is 11.6. The first-order chi connectivity index (χ1) is 10.1. The maximum atomic E-state index is 12.1. The lowest BCUT2D eigenvalue weighted by molar-refractivity contribution is 0.0943. The molecule has 21 heavy (non-hydrogen) atoms. The predicted octanol–water partition coefficient (Wildman–Crippen LogP) is 2.65. The first-order valence-electron chi connectivity index (χ1n) is 6.62. The predicted molar refractivity (Wildman–Crippen MR) is 80.8 cm³/mol. The van der Waals surface area contributed by atoms with Gasteiger partial charge in [-0.2, -0.15) is 0 Å². The Balaban J connectivity index is 1.81. The SMILES string of the molecule is Cc1ccc(CNC(=O)c2cc(N)c3ccccc3n2)o1. The van der Waals surface area contributed by atoms with Crippen LogP contribution in [0.5, 0.6) is 0 Å². The number of carbonyl (C=O) groups is 1. The van der Waals surface area contributed by atoms with E-state index in [0.29, 0.717) is 29.2 Å². The number of fused-ring (bicyclic) bond motifs is 1. The summed E-state index contributed by atoms with van der Waals surface area (Å²) in [4.78, 5) is 16.5. The Morgan fingerprint density at radius 3 is 2.86 bits per heavy atom. The van der Waals surface area contributed by atoms with Crippen LogP contribution in [0.25, 0.3) is 10.9 Å². The summed E-state index contributed by atoms with van der Waals surface area (Å²) in [6, 6.07) is 12.7. The minimum atomic E-state index is -0.276. The molecule has 0 spiro atoms. The van der Waals surface area contributed by atoms with Crippen molar-refractivity contribution in [3.05, 3.63) is 59.7 Å². The second kappa shape index (κ2) is 5.28. The summed E-state index contributed by atoms with van der Waals surface area (Å²) >= 11 is 0. The summed E-state index contributed by atoms with van der Waals surface area (Å²) in [5, 5.41) is 3.61. The average molecular weight is 281 g/mol. The standard InChI is InChI=1S/C16H15N3O2/c1-10-6-7-11(21-10)9-18-16(20)15-8-13(17)12-4-2-3-5-14(12)19-15/h2-8H,9H2,1H3,(H2,17,19)(H,18,20). The lowest BCUT2D eigenvalue weighted by Gasteiger charge is -2.06. The number of aryl methyl sites for hydroxylation is 1. The van der Waals surface area contributed by atoms with Gasteiger partial charge in [-0.15, -0.1) is 0 Å². The first kappa shape index (κ1) is 13.2. The van der Waals surface area contributed by atoms with E-state index in [1.807, 2.05) is 43.3 Å². The molecule has 0 atom stereocenters. The Hall–Kier alpha value is -2.82. The number of hydrogen-bond donors (Lipinski definition) is 2. The van der Waals surface area contributed by atoms with Crippen molar-refractivity contribution in [3.63, 3.8) is 0 Å². The van der Waals surface area contributed by atoms with Gasteiger partial charge < -0.3 is 15.5 Å². The molecule has 0 unspecified atom stereocenters. The molecule has 2 heterocycles. The molecule has 3 aromatic rings. The number of anilines is 1. The topological polar surface area (TPSA) is 81.2 Å². The number of amides is 1. The second-order valence-corrected chi connectivity index (χ2v) is 4.81. The molecule has 5 nitrogen and oxygen atoms in total. The van der Waals surface area contributed by atoms with Gasteiger partial charge >= 0.3 is 0 Å². The van der Waals surface area contributed by atoms with E-state index in [2.05, 4.69) is 10.3 Å². The Morgan fingerprint density at radius 2 is 2.10 bits per heavy atom. The zero-order chi connectivity index (χ0) is 14.8. The molecule has 2 aromatic heterocycles. The van der Waals surface area contributed by atoms with Crippen LogP contribution in [0.3, 0.4) is 0 Å². The first-order valence-corrected chi connectivity index (χ1v) is 6.62. The van der Waals surface area contributed by atoms with Crippen molar-refractivity contribution in [2.45, 2.75) is 13.5 Å². The van der Waals surface area contributed by atoms with Crippen molar-refractivity contribution in [1.29, 1.82) is 0 Å². The second-order valence-electron chi connectivity index (χ2n) is 4.81. The lowest BCUT2D eigenvalue weighted by Crippen LogP contribution is -2.23. The fourth-order valence-electron chi connectivity index (χ4n) is 2.16. The van der Waals surface area contributed by atoms with E-state index >= 15 is 0 Å². The summed E-state index contributed by atoms with van der Waals surface area (Å²) in [5.74, 6) is 1.24. The smallest absolute Gasteiger partial charge is 0.270 e. The molecular formula is C16H15N3O2. The van der Waals surface area contributed by atoms with E-state index in [-0.39, 0.29) is 5.91 Å². The molecule has 3 rings (SSSR count). The van der Waals surface area contributed by atoms with Crippen molar-refractivity contribution in [3.8, 4) is 0 Å². The number of nitrogens with two attached hydrogens (primary N) is 1. The Labute approximate surface area is 121 Å². The number of rotatable bonds is 3. The molecule has 0 radical (unpaired) electrons. The van der Waals surface area contributed by atoms with E-state index in [4.69, 9.17) is 10.2 Å². The van der Waals surface area contributed by atoms with Gasteiger partial charge in [-0.25, -0.2) is 4.98 Å². The van der Waals surface area contributed by atoms with Crippen LogP contribution in [0.15, 0.2) is 46.9 Å². The minimum Gasteiger partial charge on any atom is -0.465 e. The lowest BCUT2D eigenvalue weighted by atomic mass is 10.1. The zero-order valence-corrected chi connectivity index (χ0v) is 11.6. The highest BCUT2D eigenvalue weighted by Gasteiger charge is 2.11. The molecule has 0 saturated carbocycles. The highest BCUT2D eigenvalue weighted by atomic mass is 16.3. The Morgan fingerprint density at radius 1 is 1.29 bits per heavy atom. The Bertz CT molecular complexity index is 808. The third-order valence-corrected chi connectivity index (χ3v) is 3.20. The summed E-state index contributed by atoms with van der Waals surface area (Å²) in [5.41, 5.74) is 7.51. The van der Waals surface area contributed by atoms with Crippen LogP contribution in [-0.4, -0.2) is 10.9 Å². The number of nitrogens with zero attached hydrogens (tertiary/aromatic N) is 1. The van der Waals surface area contributed by atoms with E-state index in [1.54, 1.807) is 6.07 Å². The summed E-state index contributed by atoms with van der Waals surface area (Å²) in [6.07, 6.45) is 0. The highest BCUT2D eigenvalue weighted by Crippen LogP contribution is 2.20. The monoisotopic (exact) mass is 281 g/mol. The van der Waals surface area contributed by atoms with Crippen molar-refractivity contribution in [2.24, 2.45) is 0 Å². The van der Waals surface area contributed by atoms with Crippen molar-refractivity contribution in [2.75, 3.05) is 5.73 Å². The van der Waals surface area contributed by atoms with Gasteiger partial charge in [0.15, 0.2) is 0 Å². The summed E-state index contributed by atoms with van der Waals surface area (Å²) < 4.78 is 5.40. The third kappa shape index (κ3) is 2.72. The van der Waals surface area contributed by atoms with E-state index < -0.39 is 0 Å². The fraction of sp³-hybridized carbons (Fsp3) is 0.125. The molecule has 3 N–H and O–H groups in total. The number of hydrogen-bond acceptors (Lipinski definition) is 4. The van der Waals surface area contributed by atoms with Gasteiger partial charge in [0, 0.05) is 11.1 Å². The largest absolute Gasteiger partial charge is 0.465 e. The number of furan rings is 1. The number of benzene rings is 1. The molecule has 0 bridgehead atoms. The van der Waals surface area contributed by atoms with E-state index in [0.717, 1.165) is 11.1 Å². The molecular weight excluding hydrogens is 266 g/mol. The van der Waals surface area contributed by atoms with Crippen molar-refractivity contribution >= 4 is 22.5 Å². The Kier molecular flexibility index (Phi) is 3.31. The van der Waals surface area contributed by atoms with Crippen LogP contribution in [0, 0.1) is 6.92 Å². The van der Waals surface area contributed by atoms with Crippen LogP contribution >= 0.6 is 0 Å². The number of para-hydroxylation sites is 1. The summed E-state index contributed by atoms with van der Waals surface area (Å²) in [6.45, 7) is 2.18.